The summed E-state index contributed by atoms with van der Waals surface area (Å²) in [5, 5.41) is 7.11. The summed E-state index contributed by atoms with van der Waals surface area (Å²) in [6, 6.07) is 14.6. The second kappa shape index (κ2) is 11.3. The maximum Gasteiger partial charge on any atom is 0.240 e. The van der Waals surface area contributed by atoms with Crippen molar-refractivity contribution in [2.24, 2.45) is 5.92 Å². The highest BCUT2D eigenvalue weighted by atomic mass is 32.2. The number of sulfonamides is 1. The van der Waals surface area contributed by atoms with E-state index in [0.29, 0.717) is 25.7 Å². The minimum Gasteiger partial charge on any atom is -0.354 e. The van der Waals surface area contributed by atoms with Crippen molar-refractivity contribution in [3.8, 4) is 0 Å². The lowest BCUT2D eigenvalue weighted by Crippen LogP contribution is -2.43. The van der Waals surface area contributed by atoms with Gasteiger partial charge in [-0.3, -0.25) is 4.79 Å². The quantitative estimate of drug-likeness (QED) is 0.425. The standard InChI is InChI=1S/C28H34FN5O3S/c1-19(20-2-7-23(29)8-3-20)31-28(35)21-4-9-24(10-5-21)33-38(36,37)25-11-12-26-22(18-25)6-13-27(32-26)34-16-14-30-15-17-34/h2-3,6-8,11-13,18-19,21,24,30,33H,4-5,9-10,14-17H2,1H3,(H,31,35)/t19-,21-,24-/m1/s1. The maximum absolute atomic E-state index is 13.2. The number of hydrogen-bond acceptors (Lipinski definition) is 6. The number of fused-ring (bicyclic) bond motifs is 1. The Labute approximate surface area is 223 Å². The zero-order chi connectivity index (χ0) is 26.7. The van der Waals surface area contributed by atoms with Gasteiger partial charge in [-0.15, -0.1) is 0 Å². The van der Waals surface area contributed by atoms with E-state index in [2.05, 4.69) is 20.3 Å². The number of aromatic nitrogens is 1. The lowest BCUT2D eigenvalue weighted by atomic mass is 9.85. The molecule has 2 heterocycles. The number of amides is 1. The van der Waals surface area contributed by atoms with Crippen LogP contribution in [0.4, 0.5) is 10.2 Å². The van der Waals surface area contributed by atoms with Gasteiger partial charge in [0.1, 0.15) is 11.6 Å². The summed E-state index contributed by atoms with van der Waals surface area (Å²) in [6.07, 6.45) is 2.38. The Hall–Kier alpha value is -3.08. The molecule has 1 amide bonds. The summed E-state index contributed by atoms with van der Waals surface area (Å²) in [4.78, 5) is 20.0. The van der Waals surface area contributed by atoms with Crippen LogP contribution >= 0.6 is 0 Å². The lowest BCUT2D eigenvalue weighted by Gasteiger charge is -2.29. The molecular formula is C28H34FN5O3S. The molecule has 1 saturated carbocycles. The first-order valence-corrected chi connectivity index (χ1v) is 14.7. The van der Waals surface area contributed by atoms with E-state index in [0.717, 1.165) is 48.5 Å². The monoisotopic (exact) mass is 539 g/mol. The molecule has 38 heavy (non-hydrogen) atoms. The predicted octanol–water partition coefficient (Wildman–Crippen LogP) is 3.50. The molecule has 202 valence electrons. The minimum atomic E-state index is -3.71. The number of rotatable bonds is 7. The van der Waals surface area contributed by atoms with Crippen LogP contribution in [0.15, 0.2) is 59.5 Å². The van der Waals surface area contributed by atoms with Crippen molar-refractivity contribution < 1.29 is 17.6 Å². The smallest absolute Gasteiger partial charge is 0.240 e. The fraction of sp³-hybridized carbons (Fsp3) is 0.429. The third-order valence-corrected chi connectivity index (χ3v) is 9.06. The van der Waals surface area contributed by atoms with E-state index in [1.54, 1.807) is 30.3 Å². The molecule has 5 rings (SSSR count). The molecule has 1 atom stereocenters. The average Bonchev–Trinajstić information content (AvgIpc) is 2.93. The molecule has 1 saturated heterocycles. The topological polar surface area (TPSA) is 103 Å². The van der Waals surface area contributed by atoms with Gasteiger partial charge in [0.05, 0.1) is 16.5 Å². The van der Waals surface area contributed by atoms with Crippen LogP contribution in [-0.4, -0.2) is 51.5 Å². The van der Waals surface area contributed by atoms with Crippen molar-refractivity contribution in [1.29, 1.82) is 0 Å². The average molecular weight is 540 g/mol. The van der Waals surface area contributed by atoms with E-state index in [1.807, 2.05) is 19.1 Å². The van der Waals surface area contributed by atoms with Crippen LogP contribution < -0.4 is 20.3 Å². The first-order valence-electron chi connectivity index (χ1n) is 13.2. The van der Waals surface area contributed by atoms with Crippen molar-refractivity contribution in [3.05, 3.63) is 66.0 Å². The summed E-state index contributed by atoms with van der Waals surface area (Å²) in [5.41, 5.74) is 1.60. The van der Waals surface area contributed by atoms with Crippen molar-refractivity contribution in [3.63, 3.8) is 0 Å². The fourth-order valence-electron chi connectivity index (χ4n) is 5.26. The molecule has 0 spiro atoms. The second-order valence-corrected chi connectivity index (χ2v) is 11.9. The summed E-state index contributed by atoms with van der Waals surface area (Å²) in [5.74, 6) is 0.370. The number of hydrogen-bond donors (Lipinski definition) is 3. The number of piperazine rings is 1. The first kappa shape index (κ1) is 26.5. The van der Waals surface area contributed by atoms with Gasteiger partial charge in [0.15, 0.2) is 0 Å². The van der Waals surface area contributed by atoms with Crippen molar-refractivity contribution >= 4 is 32.7 Å². The molecule has 1 aromatic heterocycles. The number of benzene rings is 2. The van der Waals surface area contributed by atoms with E-state index >= 15 is 0 Å². The normalized spacial score (nSPS) is 21.3. The van der Waals surface area contributed by atoms with Gasteiger partial charge in [-0.1, -0.05) is 12.1 Å². The second-order valence-electron chi connectivity index (χ2n) is 10.2. The van der Waals surface area contributed by atoms with Crippen molar-refractivity contribution in [2.45, 2.75) is 49.6 Å². The Morgan fingerprint density at radius 2 is 1.74 bits per heavy atom. The van der Waals surface area contributed by atoms with Gasteiger partial charge in [-0.25, -0.2) is 22.5 Å². The van der Waals surface area contributed by atoms with Gasteiger partial charge in [-0.05, 0) is 80.6 Å². The zero-order valence-electron chi connectivity index (χ0n) is 21.5. The van der Waals surface area contributed by atoms with Crippen molar-refractivity contribution in [2.75, 3.05) is 31.1 Å². The Morgan fingerprint density at radius 3 is 2.45 bits per heavy atom. The SMILES string of the molecule is C[C@@H](NC(=O)[C@H]1CC[C@H](NS(=O)(=O)c2ccc3nc(N4CCNCC4)ccc3c2)CC1)c1ccc(F)cc1. The van der Waals surface area contributed by atoms with Crippen LogP contribution in [0.1, 0.15) is 44.2 Å². The molecular weight excluding hydrogens is 505 g/mol. The lowest BCUT2D eigenvalue weighted by molar-refractivity contribution is -0.126. The first-order chi connectivity index (χ1) is 18.3. The summed E-state index contributed by atoms with van der Waals surface area (Å²) in [7, 11) is -3.71. The van der Waals surface area contributed by atoms with E-state index in [9.17, 15) is 17.6 Å². The number of nitrogens with zero attached hydrogens (tertiary/aromatic N) is 2. The van der Waals surface area contributed by atoms with Crippen LogP contribution in [0.2, 0.25) is 0 Å². The van der Waals surface area contributed by atoms with E-state index in [-0.39, 0.29) is 34.6 Å². The molecule has 2 aliphatic rings. The Bertz CT molecular complexity index is 1390. The van der Waals surface area contributed by atoms with Crippen LogP contribution in [0, 0.1) is 11.7 Å². The van der Waals surface area contributed by atoms with E-state index < -0.39 is 10.0 Å². The van der Waals surface area contributed by atoms with Gasteiger partial charge in [0.25, 0.3) is 0 Å². The summed E-state index contributed by atoms with van der Waals surface area (Å²) < 4.78 is 42.3. The summed E-state index contributed by atoms with van der Waals surface area (Å²) >= 11 is 0. The molecule has 1 aliphatic carbocycles. The molecule has 0 unspecified atom stereocenters. The van der Waals surface area contributed by atoms with Crippen molar-refractivity contribution in [1.82, 2.24) is 20.3 Å². The van der Waals surface area contributed by atoms with Gasteiger partial charge in [0, 0.05) is 43.5 Å². The largest absolute Gasteiger partial charge is 0.354 e. The highest BCUT2D eigenvalue weighted by Gasteiger charge is 2.30. The van der Waals surface area contributed by atoms with Gasteiger partial charge >= 0.3 is 0 Å². The predicted molar refractivity (Wildman–Crippen MR) is 146 cm³/mol. The molecule has 8 nitrogen and oxygen atoms in total. The Morgan fingerprint density at radius 1 is 1.03 bits per heavy atom. The van der Waals surface area contributed by atoms with Crippen LogP contribution in [0.3, 0.4) is 0 Å². The van der Waals surface area contributed by atoms with Crippen LogP contribution in [0.5, 0.6) is 0 Å². The molecule has 2 aromatic carbocycles. The highest BCUT2D eigenvalue weighted by molar-refractivity contribution is 7.89. The molecule has 1 aliphatic heterocycles. The van der Waals surface area contributed by atoms with Gasteiger partial charge in [-0.2, -0.15) is 0 Å². The number of carbonyl (C=O) groups excluding carboxylic acids is 1. The van der Waals surface area contributed by atoms with E-state index in [1.165, 1.54) is 12.1 Å². The molecule has 3 aromatic rings. The van der Waals surface area contributed by atoms with Gasteiger partial charge < -0.3 is 15.5 Å². The molecule has 0 bridgehead atoms. The molecule has 0 radical (unpaired) electrons. The van der Waals surface area contributed by atoms with Crippen LogP contribution in [-0.2, 0) is 14.8 Å². The fourth-order valence-corrected chi connectivity index (χ4v) is 6.60. The Kier molecular flexibility index (Phi) is 7.92. The summed E-state index contributed by atoms with van der Waals surface area (Å²) in [6.45, 7) is 5.50. The third-order valence-electron chi connectivity index (χ3n) is 7.55. The zero-order valence-corrected chi connectivity index (χ0v) is 22.3. The van der Waals surface area contributed by atoms with Gasteiger partial charge in [0.2, 0.25) is 15.9 Å². The number of pyridine rings is 1. The minimum absolute atomic E-state index is 0.0506. The molecule has 3 N–H and O–H groups in total. The number of anilines is 1. The highest BCUT2D eigenvalue weighted by Crippen LogP contribution is 2.28. The molecule has 10 heteroatoms. The van der Waals surface area contributed by atoms with Crippen LogP contribution in [0.25, 0.3) is 10.9 Å². The Balaban J connectivity index is 1.17. The third kappa shape index (κ3) is 6.14. The molecule has 2 fully saturated rings. The number of carbonyl (C=O) groups is 1. The number of halogens is 1. The van der Waals surface area contributed by atoms with E-state index in [4.69, 9.17) is 4.98 Å². The maximum atomic E-state index is 13.2. The number of nitrogens with one attached hydrogen (secondary N) is 3.